The minimum absolute atomic E-state index is 0.0864. The largest absolute Gasteiger partial charge is 0.453 e. The fraction of sp³-hybridized carbons (Fsp3) is 0.500. The molecule has 0 unspecified atom stereocenters. The standard InChI is InChI=1S/C18H23F2N5O3/c1-11-9-21-15(8-12(11)16(19)20)23(2)17-13-10-24(18(27)28-3)5-4-14(13)25(22-17)6-7-26/h8-9,16,26H,4-7,10H2,1-3H3. The summed E-state index contributed by atoms with van der Waals surface area (Å²) >= 11 is 0. The lowest BCUT2D eigenvalue weighted by atomic mass is 10.1. The summed E-state index contributed by atoms with van der Waals surface area (Å²) in [7, 11) is 3.01. The molecule has 28 heavy (non-hydrogen) atoms. The summed E-state index contributed by atoms with van der Waals surface area (Å²) in [4.78, 5) is 19.4. The topological polar surface area (TPSA) is 83.7 Å². The molecule has 152 valence electrons. The van der Waals surface area contributed by atoms with Crippen LogP contribution in [0.25, 0.3) is 0 Å². The Morgan fingerprint density at radius 3 is 2.86 bits per heavy atom. The molecule has 0 spiro atoms. The third kappa shape index (κ3) is 3.64. The average molecular weight is 395 g/mol. The Balaban J connectivity index is 2.02. The van der Waals surface area contributed by atoms with Crippen molar-refractivity contribution < 1.29 is 23.4 Å². The Hall–Kier alpha value is -2.75. The molecule has 10 heteroatoms. The minimum Gasteiger partial charge on any atom is -0.453 e. The smallest absolute Gasteiger partial charge is 0.409 e. The van der Waals surface area contributed by atoms with Gasteiger partial charge in [-0.25, -0.2) is 18.6 Å². The van der Waals surface area contributed by atoms with Crippen LogP contribution in [0.2, 0.25) is 0 Å². The molecule has 0 radical (unpaired) electrons. The number of carbonyl (C=O) groups excluding carboxylic acids is 1. The highest BCUT2D eigenvalue weighted by atomic mass is 19.3. The Bertz CT molecular complexity index is 871. The van der Waals surface area contributed by atoms with Crippen molar-refractivity contribution in [1.82, 2.24) is 19.7 Å². The van der Waals surface area contributed by atoms with E-state index in [9.17, 15) is 18.7 Å². The van der Waals surface area contributed by atoms with Gasteiger partial charge in [-0.15, -0.1) is 0 Å². The van der Waals surface area contributed by atoms with Gasteiger partial charge in [0.15, 0.2) is 5.82 Å². The van der Waals surface area contributed by atoms with E-state index in [2.05, 4.69) is 10.1 Å². The molecule has 2 aromatic heterocycles. The maximum atomic E-state index is 13.3. The van der Waals surface area contributed by atoms with Crippen LogP contribution in [0.3, 0.4) is 0 Å². The van der Waals surface area contributed by atoms with Crippen LogP contribution in [0.15, 0.2) is 12.3 Å². The molecule has 0 saturated carbocycles. The summed E-state index contributed by atoms with van der Waals surface area (Å²) in [5, 5.41) is 13.9. The summed E-state index contributed by atoms with van der Waals surface area (Å²) in [6, 6.07) is 1.35. The van der Waals surface area contributed by atoms with E-state index >= 15 is 0 Å². The number of rotatable bonds is 5. The summed E-state index contributed by atoms with van der Waals surface area (Å²) in [6.45, 7) is 2.55. The van der Waals surface area contributed by atoms with Gasteiger partial charge in [-0.05, 0) is 18.6 Å². The molecule has 0 fully saturated rings. The molecule has 0 atom stereocenters. The number of anilines is 2. The summed E-state index contributed by atoms with van der Waals surface area (Å²) in [5.41, 5.74) is 2.01. The number of methoxy groups -OCH3 is 1. The van der Waals surface area contributed by atoms with Gasteiger partial charge in [0.1, 0.15) is 5.82 Å². The van der Waals surface area contributed by atoms with E-state index < -0.39 is 12.5 Å². The van der Waals surface area contributed by atoms with E-state index in [4.69, 9.17) is 4.74 Å². The van der Waals surface area contributed by atoms with Crippen LogP contribution in [0.1, 0.15) is 28.8 Å². The second-order valence-corrected chi connectivity index (χ2v) is 6.60. The molecule has 0 saturated heterocycles. The van der Waals surface area contributed by atoms with Gasteiger partial charge in [-0.3, -0.25) is 4.68 Å². The number of hydrogen-bond donors (Lipinski definition) is 1. The van der Waals surface area contributed by atoms with Crippen molar-refractivity contribution in [2.24, 2.45) is 0 Å². The molecule has 1 amide bonds. The fourth-order valence-electron chi connectivity index (χ4n) is 3.36. The van der Waals surface area contributed by atoms with E-state index in [1.165, 1.54) is 19.4 Å². The van der Waals surface area contributed by atoms with Gasteiger partial charge in [-0.2, -0.15) is 5.10 Å². The molecule has 0 bridgehead atoms. The fourth-order valence-corrected chi connectivity index (χ4v) is 3.36. The number of halogens is 2. The number of aliphatic hydroxyl groups excluding tert-OH is 1. The highest BCUT2D eigenvalue weighted by Crippen LogP contribution is 2.33. The number of ether oxygens (including phenoxy) is 1. The van der Waals surface area contributed by atoms with Crippen molar-refractivity contribution in [3.8, 4) is 0 Å². The van der Waals surface area contributed by atoms with Crippen molar-refractivity contribution in [2.45, 2.75) is 32.9 Å². The molecular weight excluding hydrogens is 372 g/mol. The number of fused-ring (bicyclic) bond motifs is 1. The van der Waals surface area contributed by atoms with E-state index in [1.807, 2.05) is 0 Å². The molecule has 1 aliphatic heterocycles. The van der Waals surface area contributed by atoms with Crippen LogP contribution >= 0.6 is 0 Å². The molecule has 0 aromatic carbocycles. The van der Waals surface area contributed by atoms with E-state index in [0.717, 1.165) is 11.3 Å². The zero-order chi connectivity index (χ0) is 20.4. The zero-order valence-corrected chi connectivity index (χ0v) is 16.0. The van der Waals surface area contributed by atoms with Crippen LogP contribution in [0.5, 0.6) is 0 Å². The third-order valence-corrected chi connectivity index (χ3v) is 4.88. The average Bonchev–Trinajstić information content (AvgIpc) is 3.05. The summed E-state index contributed by atoms with van der Waals surface area (Å²) in [5.74, 6) is 0.834. The first kappa shape index (κ1) is 20.0. The quantitative estimate of drug-likeness (QED) is 0.837. The number of nitrogens with zero attached hydrogens (tertiary/aromatic N) is 5. The van der Waals surface area contributed by atoms with Crippen molar-refractivity contribution >= 4 is 17.7 Å². The maximum Gasteiger partial charge on any atom is 0.409 e. The van der Waals surface area contributed by atoms with Gasteiger partial charge in [-0.1, -0.05) is 0 Å². The minimum atomic E-state index is -2.61. The Morgan fingerprint density at radius 1 is 1.46 bits per heavy atom. The number of aliphatic hydroxyl groups is 1. The maximum absolute atomic E-state index is 13.3. The Labute approximate surface area is 161 Å². The van der Waals surface area contributed by atoms with E-state index in [-0.39, 0.29) is 18.7 Å². The second kappa shape index (κ2) is 8.09. The number of aromatic nitrogens is 3. The number of amides is 1. The van der Waals surface area contributed by atoms with Gasteiger partial charge in [0.25, 0.3) is 6.43 Å². The van der Waals surface area contributed by atoms with Crippen molar-refractivity contribution in [1.29, 1.82) is 0 Å². The van der Waals surface area contributed by atoms with Crippen molar-refractivity contribution in [3.05, 3.63) is 34.6 Å². The van der Waals surface area contributed by atoms with Crippen molar-refractivity contribution in [2.75, 3.05) is 32.2 Å². The molecule has 3 heterocycles. The van der Waals surface area contributed by atoms with Crippen LogP contribution in [0.4, 0.5) is 25.2 Å². The molecule has 1 aliphatic rings. The number of alkyl halides is 2. The highest BCUT2D eigenvalue weighted by Gasteiger charge is 2.30. The van der Waals surface area contributed by atoms with E-state index in [0.29, 0.717) is 36.7 Å². The SMILES string of the molecule is COC(=O)N1CCc2c(c(N(C)c3cc(C(F)F)c(C)cn3)nn2CCO)C1. The van der Waals surface area contributed by atoms with Gasteiger partial charge >= 0.3 is 6.09 Å². The lowest BCUT2D eigenvalue weighted by molar-refractivity contribution is 0.118. The Morgan fingerprint density at radius 2 is 2.21 bits per heavy atom. The first-order valence-corrected chi connectivity index (χ1v) is 8.88. The van der Waals surface area contributed by atoms with Crippen molar-refractivity contribution in [3.63, 3.8) is 0 Å². The number of pyridine rings is 1. The Kier molecular flexibility index (Phi) is 5.78. The van der Waals surface area contributed by atoms with Gasteiger partial charge in [0, 0.05) is 43.0 Å². The molecular formula is C18H23F2N5O3. The highest BCUT2D eigenvalue weighted by molar-refractivity contribution is 5.69. The molecule has 2 aromatic rings. The van der Waals surface area contributed by atoms with Gasteiger partial charge < -0.3 is 19.6 Å². The predicted molar refractivity (Wildman–Crippen MR) is 97.8 cm³/mol. The molecule has 3 rings (SSSR count). The molecule has 0 aliphatic carbocycles. The van der Waals surface area contributed by atoms with Crippen LogP contribution in [-0.4, -0.2) is 58.2 Å². The number of hydrogen-bond acceptors (Lipinski definition) is 6. The lowest BCUT2D eigenvalue weighted by Crippen LogP contribution is -2.36. The van der Waals surface area contributed by atoms with Gasteiger partial charge in [0.05, 0.1) is 26.8 Å². The first-order chi connectivity index (χ1) is 13.4. The summed E-state index contributed by atoms with van der Waals surface area (Å²) < 4.78 is 33.1. The first-order valence-electron chi connectivity index (χ1n) is 8.88. The third-order valence-electron chi connectivity index (χ3n) is 4.88. The molecule has 1 N–H and O–H groups in total. The van der Waals surface area contributed by atoms with Crippen LogP contribution in [-0.2, 0) is 24.2 Å². The normalized spacial score (nSPS) is 13.6. The monoisotopic (exact) mass is 395 g/mol. The predicted octanol–water partition coefficient (Wildman–Crippen LogP) is 2.41. The zero-order valence-electron chi connectivity index (χ0n) is 16.0. The molecule has 8 nitrogen and oxygen atoms in total. The summed E-state index contributed by atoms with van der Waals surface area (Å²) in [6.07, 6.45) is -1.09. The van der Waals surface area contributed by atoms with E-state index in [1.54, 1.807) is 28.5 Å². The number of carbonyl (C=O) groups is 1. The van der Waals surface area contributed by atoms with Crippen LogP contribution in [0, 0.1) is 6.92 Å². The second-order valence-electron chi connectivity index (χ2n) is 6.60. The van der Waals surface area contributed by atoms with Gasteiger partial charge in [0.2, 0.25) is 0 Å². The number of aryl methyl sites for hydroxylation is 1. The lowest BCUT2D eigenvalue weighted by Gasteiger charge is -2.27. The van der Waals surface area contributed by atoms with Crippen LogP contribution < -0.4 is 4.90 Å².